The highest BCUT2D eigenvalue weighted by atomic mass is 35.5. The Morgan fingerprint density at radius 3 is 2.74 bits per heavy atom. The molecule has 2 N–H and O–H groups in total. The number of carbonyl (C=O) groups is 1. The minimum atomic E-state index is -0.517. The van der Waals surface area contributed by atoms with E-state index in [1.165, 1.54) is 12.1 Å². The van der Waals surface area contributed by atoms with Crippen molar-refractivity contribution in [2.24, 2.45) is 5.92 Å². The lowest BCUT2D eigenvalue weighted by Crippen LogP contribution is -2.43. The fourth-order valence-electron chi connectivity index (χ4n) is 2.33. The summed E-state index contributed by atoms with van der Waals surface area (Å²) in [5, 5.41) is 6.61. The molecule has 0 aromatic heterocycles. The van der Waals surface area contributed by atoms with Crippen LogP contribution < -0.4 is 10.6 Å². The second kappa shape index (κ2) is 7.49. The van der Waals surface area contributed by atoms with Crippen molar-refractivity contribution in [2.45, 2.75) is 51.8 Å². The zero-order valence-electron chi connectivity index (χ0n) is 13.8. The number of alkyl carbamates (subject to hydrolysis) is 1. The third-order valence-electron chi connectivity index (χ3n) is 3.62. The number of nitrogens with one attached hydrogen (secondary N) is 2. The van der Waals surface area contributed by atoms with E-state index in [-0.39, 0.29) is 11.9 Å². The summed E-state index contributed by atoms with van der Waals surface area (Å²) in [6, 6.07) is 4.61. The van der Waals surface area contributed by atoms with Crippen LogP contribution in [0, 0.1) is 11.7 Å². The molecule has 1 atom stereocenters. The molecule has 1 aromatic carbocycles. The molecule has 0 radical (unpaired) electrons. The Hall–Kier alpha value is -1.33. The maximum absolute atomic E-state index is 13.7. The van der Waals surface area contributed by atoms with Crippen molar-refractivity contribution < 1.29 is 13.9 Å². The van der Waals surface area contributed by atoms with Gasteiger partial charge in [-0.2, -0.15) is 0 Å². The van der Waals surface area contributed by atoms with Gasteiger partial charge in [-0.3, -0.25) is 0 Å². The van der Waals surface area contributed by atoms with Gasteiger partial charge in [0, 0.05) is 29.7 Å². The minimum Gasteiger partial charge on any atom is -0.444 e. The first kappa shape index (κ1) is 18.0. The van der Waals surface area contributed by atoms with Crippen LogP contribution in [-0.4, -0.2) is 24.3 Å². The minimum absolute atomic E-state index is 0.0981. The van der Waals surface area contributed by atoms with Gasteiger partial charge in [-0.25, -0.2) is 9.18 Å². The van der Waals surface area contributed by atoms with Gasteiger partial charge < -0.3 is 15.4 Å². The number of benzene rings is 1. The first-order valence-corrected chi connectivity index (χ1v) is 8.26. The molecule has 128 valence electrons. The van der Waals surface area contributed by atoms with Gasteiger partial charge in [0.05, 0.1) is 0 Å². The molecular formula is C17H24ClFN2O2. The van der Waals surface area contributed by atoms with Gasteiger partial charge >= 0.3 is 6.09 Å². The Kier molecular flexibility index (Phi) is 5.87. The summed E-state index contributed by atoms with van der Waals surface area (Å²) in [5.74, 6) is 0.226. The predicted molar refractivity (Wildman–Crippen MR) is 89.0 cm³/mol. The molecule has 6 heteroatoms. The van der Waals surface area contributed by atoms with E-state index in [0.29, 0.717) is 29.6 Å². The molecule has 1 unspecified atom stereocenters. The molecule has 1 aliphatic carbocycles. The number of hydrogen-bond acceptors (Lipinski definition) is 3. The van der Waals surface area contributed by atoms with Gasteiger partial charge in [-0.1, -0.05) is 11.6 Å². The Balaban J connectivity index is 1.85. The quantitative estimate of drug-likeness (QED) is 0.825. The van der Waals surface area contributed by atoms with E-state index < -0.39 is 11.7 Å². The maximum Gasteiger partial charge on any atom is 0.407 e. The zero-order valence-corrected chi connectivity index (χ0v) is 14.5. The molecule has 0 heterocycles. The van der Waals surface area contributed by atoms with E-state index in [1.807, 2.05) is 20.8 Å². The van der Waals surface area contributed by atoms with Crippen LogP contribution >= 0.6 is 11.6 Å². The zero-order chi connectivity index (χ0) is 17.0. The molecule has 4 nitrogen and oxygen atoms in total. The Labute approximate surface area is 141 Å². The molecule has 1 fully saturated rings. The molecule has 0 spiro atoms. The third kappa shape index (κ3) is 6.36. The normalized spacial score (nSPS) is 16.0. The van der Waals surface area contributed by atoms with Gasteiger partial charge in [0.1, 0.15) is 11.4 Å². The number of carbonyl (C=O) groups excluding carboxylic acids is 1. The average Bonchev–Trinajstić information content (AvgIpc) is 3.25. The summed E-state index contributed by atoms with van der Waals surface area (Å²) < 4.78 is 19.0. The van der Waals surface area contributed by atoms with Crippen molar-refractivity contribution in [3.05, 3.63) is 34.6 Å². The van der Waals surface area contributed by atoms with E-state index in [0.717, 1.165) is 12.8 Å². The molecule has 1 saturated carbocycles. The highest BCUT2D eigenvalue weighted by Crippen LogP contribution is 2.32. The number of halogens is 2. The molecule has 2 rings (SSSR count). The first-order valence-electron chi connectivity index (χ1n) is 7.89. The summed E-state index contributed by atoms with van der Waals surface area (Å²) >= 11 is 5.90. The summed E-state index contributed by atoms with van der Waals surface area (Å²) in [7, 11) is 0. The van der Waals surface area contributed by atoms with Crippen molar-refractivity contribution in [2.75, 3.05) is 6.54 Å². The lowest BCUT2D eigenvalue weighted by molar-refractivity contribution is 0.0521. The van der Waals surface area contributed by atoms with E-state index in [9.17, 15) is 9.18 Å². The monoisotopic (exact) mass is 342 g/mol. The van der Waals surface area contributed by atoms with Crippen LogP contribution in [0.1, 0.15) is 39.2 Å². The summed E-state index contributed by atoms with van der Waals surface area (Å²) in [4.78, 5) is 11.7. The van der Waals surface area contributed by atoms with Gasteiger partial charge in [0.25, 0.3) is 0 Å². The van der Waals surface area contributed by atoms with E-state index in [4.69, 9.17) is 16.3 Å². The van der Waals surface area contributed by atoms with Crippen molar-refractivity contribution in [3.8, 4) is 0 Å². The highest BCUT2D eigenvalue weighted by Gasteiger charge is 2.31. The molecule has 23 heavy (non-hydrogen) atoms. The Morgan fingerprint density at radius 1 is 1.43 bits per heavy atom. The van der Waals surface area contributed by atoms with Gasteiger partial charge in [0.15, 0.2) is 0 Å². The average molecular weight is 343 g/mol. The Morgan fingerprint density at radius 2 is 2.13 bits per heavy atom. The third-order valence-corrected chi connectivity index (χ3v) is 3.85. The van der Waals surface area contributed by atoms with Crippen molar-refractivity contribution in [3.63, 3.8) is 0 Å². The summed E-state index contributed by atoms with van der Waals surface area (Å²) in [6.07, 6.45) is 1.80. The topological polar surface area (TPSA) is 50.4 Å². The van der Waals surface area contributed by atoms with Crippen molar-refractivity contribution in [1.82, 2.24) is 10.6 Å². The molecule has 1 aliphatic rings. The molecule has 0 bridgehead atoms. The van der Waals surface area contributed by atoms with Gasteiger partial charge in [0.2, 0.25) is 0 Å². The standard InChI is InChI=1S/C17H24ClFN2O2/c1-17(2,3)23-16(22)21-10-15(11-4-5-11)20-9-12-8-13(18)6-7-14(12)19/h6-8,11,15,20H,4-5,9-10H2,1-3H3,(H,21,22). The van der Waals surface area contributed by atoms with Crippen LogP contribution in [0.5, 0.6) is 0 Å². The lowest BCUT2D eigenvalue weighted by atomic mass is 10.1. The van der Waals surface area contributed by atoms with Crippen LogP contribution in [0.25, 0.3) is 0 Å². The molecule has 1 aromatic rings. The Bertz CT molecular complexity index is 556. The summed E-state index contributed by atoms with van der Waals surface area (Å²) in [5.41, 5.74) is 0.0108. The predicted octanol–water partition coefficient (Wildman–Crippen LogP) is 3.87. The largest absolute Gasteiger partial charge is 0.444 e. The van der Waals surface area contributed by atoms with E-state index >= 15 is 0 Å². The number of hydrogen-bond donors (Lipinski definition) is 2. The van der Waals surface area contributed by atoms with E-state index in [2.05, 4.69) is 10.6 Å². The van der Waals surface area contributed by atoms with Crippen LogP contribution in [0.4, 0.5) is 9.18 Å². The number of amides is 1. The SMILES string of the molecule is CC(C)(C)OC(=O)NCC(NCc1cc(Cl)ccc1F)C1CC1. The fourth-order valence-corrected chi connectivity index (χ4v) is 2.53. The maximum atomic E-state index is 13.7. The van der Waals surface area contributed by atoms with E-state index in [1.54, 1.807) is 6.07 Å². The van der Waals surface area contributed by atoms with Crippen LogP contribution in [0.15, 0.2) is 18.2 Å². The lowest BCUT2D eigenvalue weighted by Gasteiger charge is -2.22. The fraction of sp³-hybridized carbons (Fsp3) is 0.588. The van der Waals surface area contributed by atoms with Crippen molar-refractivity contribution in [1.29, 1.82) is 0 Å². The highest BCUT2D eigenvalue weighted by molar-refractivity contribution is 6.30. The van der Waals surface area contributed by atoms with Crippen LogP contribution in [0.2, 0.25) is 5.02 Å². The number of rotatable bonds is 6. The summed E-state index contributed by atoms with van der Waals surface area (Å²) in [6.45, 7) is 6.31. The molecule has 0 aliphatic heterocycles. The smallest absolute Gasteiger partial charge is 0.407 e. The van der Waals surface area contributed by atoms with Crippen molar-refractivity contribution >= 4 is 17.7 Å². The molecule has 0 saturated heterocycles. The molecular weight excluding hydrogens is 319 g/mol. The second-order valence-corrected chi connectivity index (χ2v) is 7.38. The first-order chi connectivity index (χ1) is 10.7. The van der Waals surface area contributed by atoms with Crippen LogP contribution in [-0.2, 0) is 11.3 Å². The van der Waals surface area contributed by atoms with Crippen LogP contribution in [0.3, 0.4) is 0 Å². The molecule has 1 amide bonds. The van der Waals surface area contributed by atoms with Gasteiger partial charge in [-0.15, -0.1) is 0 Å². The number of ether oxygens (including phenoxy) is 1. The van der Waals surface area contributed by atoms with Gasteiger partial charge in [-0.05, 0) is 57.7 Å². The second-order valence-electron chi connectivity index (χ2n) is 6.94.